The fourth-order valence-electron chi connectivity index (χ4n) is 1.98. The van der Waals surface area contributed by atoms with Gasteiger partial charge in [0.2, 0.25) is 0 Å². The Morgan fingerprint density at radius 2 is 2.18 bits per heavy atom. The van der Waals surface area contributed by atoms with Gasteiger partial charge in [0.15, 0.2) is 0 Å². The van der Waals surface area contributed by atoms with Crippen LogP contribution in [0.5, 0.6) is 0 Å². The molecule has 0 aliphatic rings. The summed E-state index contributed by atoms with van der Waals surface area (Å²) in [5.74, 6) is 0. The third-order valence-electron chi connectivity index (χ3n) is 3.11. The Morgan fingerprint density at radius 1 is 1.35 bits per heavy atom. The molecule has 3 nitrogen and oxygen atoms in total. The van der Waals surface area contributed by atoms with Gasteiger partial charge in [0.25, 0.3) is 0 Å². The Labute approximate surface area is 101 Å². The maximum atomic E-state index is 10.5. The van der Waals surface area contributed by atoms with Crippen LogP contribution in [-0.2, 0) is 10.3 Å². The van der Waals surface area contributed by atoms with Crippen molar-refractivity contribution in [1.82, 2.24) is 4.98 Å². The van der Waals surface area contributed by atoms with Crippen LogP contribution >= 0.6 is 0 Å². The quantitative estimate of drug-likeness (QED) is 0.879. The van der Waals surface area contributed by atoms with E-state index in [0.29, 0.717) is 13.0 Å². The molecule has 0 aliphatic carbocycles. The minimum absolute atomic E-state index is 0.293. The average molecular weight is 231 g/mol. The molecule has 1 aromatic carbocycles. The summed E-state index contributed by atoms with van der Waals surface area (Å²) in [5.41, 5.74) is 0.821. The van der Waals surface area contributed by atoms with Gasteiger partial charge in [0, 0.05) is 18.7 Å². The Morgan fingerprint density at radius 3 is 2.88 bits per heavy atom. The highest BCUT2D eigenvalue weighted by atomic mass is 16.5. The lowest BCUT2D eigenvalue weighted by Crippen LogP contribution is -2.30. The summed E-state index contributed by atoms with van der Waals surface area (Å²) in [7, 11) is 1.60. The molecule has 0 fully saturated rings. The highest BCUT2D eigenvalue weighted by molar-refractivity contribution is 5.79. The number of benzene rings is 1. The molecule has 1 atom stereocenters. The molecule has 0 spiro atoms. The van der Waals surface area contributed by atoms with Gasteiger partial charge in [-0.05, 0) is 24.1 Å². The zero-order chi connectivity index (χ0) is 12.3. The second-order valence-electron chi connectivity index (χ2n) is 4.23. The Kier molecular flexibility index (Phi) is 3.41. The van der Waals surface area contributed by atoms with Crippen molar-refractivity contribution < 1.29 is 9.84 Å². The van der Waals surface area contributed by atoms with Crippen LogP contribution in [0.15, 0.2) is 36.5 Å². The summed E-state index contributed by atoms with van der Waals surface area (Å²) in [4.78, 5) is 4.30. The zero-order valence-corrected chi connectivity index (χ0v) is 10.2. The van der Waals surface area contributed by atoms with Crippen molar-refractivity contribution in [1.29, 1.82) is 0 Å². The molecule has 1 N–H and O–H groups in total. The molecule has 0 saturated heterocycles. The number of pyridine rings is 1. The third-order valence-corrected chi connectivity index (χ3v) is 3.11. The number of hydrogen-bond acceptors (Lipinski definition) is 3. The van der Waals surface area contributed by atoms with Gasteiger partial charge in [-0.15, -0.1) is 0 Å². The number of hydrogen-bond donors (Lipinski definition) is 1. The van der Waals surface area contributed by atoms with Crippen LogP contribution in [0, 0.1) is 0 Å². The van der Waals surface area contributed by atoms with Crippen LogP contribution in [-0.4, -0.2) is 23.8 Å². The standard InChI is InChI=1S/C14H17NO2/c1-3-14(16,10-17-2)12-7-6-11-5-4-8-15-13(11)9-12/h4-9,16H,3,10H2,1-2H3. The summed E-state index contributed by atoms with van der Waals surface area (Å²) in [6, 6.07) is 9.76. The van der Waals surface area contributed by atoms with E-state index in [-0.39, 0.29) is 0 Å². The first-order valence-corrected chi connectivity index (χ1v) is 5.76. The first-order chi connectivity index (χ1) is 8.19. The molecule has 0 aliphatic heterocycles. The highest BCUT2D eigenvalue weighted by Gasteiger charge is 2.27. The van der Waals surface area contributed by atoms with Gasteiger partial charge < -0.3 is 9.84 Å². The number of methoxy groups -OCH3 is 1. The van der Waals surface area contributed by atoms with Crippen LogP contribution in [0.4, 0.5) is 0 Å². The monoisotopic (exact) mass is 231 g/mol. The predicted molar refractivity (Wildman–Crippen MR) is 67.8 cm³/mol. The molecular formula is C14H17NO2. The number of ether oxygens (including phenoxy) is 1. The lowest BCUT2D eigenvalue weighted by Gasteiger charge is -2.26. The molecule has 0 bridgehead atoms. The second-order valence-corrected chi connectivity index (χ2v) is 4.23. The average Bonchev–Trinajstić information content (AvgIpc) is 2.38. The van der Waals surface area contributed by atoms with Gasteiger partial charge in [-0.3, -0.25) is 4.98 Å². The van der Waals surface area contributed by atoms with E-state index in [1.807, 2.05) is 37.3 Å². The summed E-state index contributed by atoms with van der Waals surface area (Å²) in [5, 5.41) is 11.6. The molecule has 2 aromatic rings. The van der Waals surface area contributed by atoms with Crippen LogP contribution in [0.25, 0.3) is 10.9 Å². The molecule has 1 heterocycles. The van der Waals surface area contributed by atoms with Crippen LogP contribution in [0.2, 0.25) is 0 Å². The number of aliphatic hydroxyl groups is 1. The fraction of sp³-hybridized carbons (Fsp3) is 0.357. The van der Waals surface area contributed by atoms with Crippen LogP contribution in [0.3, 0.4) is 0 Å². The van der Waals surface area contributed by atoms with Gasteiger partial charge >= 0.3 is 0 Å². The molecule has 2 rings (SSSR count). The van der Waals surface area contributed by atoms with E-state index in [1.54, 1.807) is 13.3 Å². The first kappa shape index (κ1) is 12.0. The summed E-state index contributed by atoms with van der Waals surface area (Å²) in [6.45, 7) is 2.24. The zero-order valence-electron chi connectivity index (χ0n) is 10.2. The van der Waals surface area contributed by atoms with Gasteiger partial charge in [-0.25, -0.2) is 0 Å². The number of nitrogens with zero attached hydrogens (tertiary/aromatic N) is 1. The van der Waals surface area contributed by atoms with Gasteiger partial charge in [-0.1, -0.05) is 25.1 Å². The van der Waals surface area contributed by atoms with Crippen molar-refractivity contribution in [3.63, 3.8) is 0 Å². The van der Waals surface area contributed by atoms with Crippen molar-refractivity contribution >= 4 is 10.9 Å². The van der Waals surface area contributed by atoms with E-state index < -0.39 is 5.60 Å². The summed E-state index contributed by atoms with van der Waals surface area (Å²) < 4.78 is 5.09. The molecule has 0 amide bonds. The third kappa shape index (κ3) is 2.30. The molecule has 90 valence electrons. The van der Waals surface area contributed by atoms with Crippen molar-refractivity contribution in [2.75, 3.05) is 13.7 Å². The van der Waals surface area contributed by atoms with Gasteiger partial charge in [0.05, 0.1) is 12.1 Å². The highest BCUT2D eigenvalue weighted by Crippen LogP contribution is 2.27. The van der Waals surface area contributed by atoms with E-state index >= 15 is 0 Å². The Balaban J connectivity index is 2.47. The van der Waals surface area contributed by atoms with Crippen LogP contribution in [0.1, 0.15) is 18.9 Å². The molecule has 1 aromatic heterocycles. The van der Waals surface area contributed by atoms with E-state index in [1.165, 1.54) is 0 Å². The topological polar surface area (TPSA) is 42.4 Å². The second kappa shape index (κ2) is 4.82. The lowest BCUT2D eigenvalue weighted by atomic mass is 9.91. The number of fused-ring (bicyclic) bond motifs is 1. The first-order valence-electron chi connectivity index (χ1n) is 5.76. The molecule has 0 radical (unpaired) electrons. The van der Waals surface area contributed by atoms with E-state index in [2.05, 4.69) is 4.98 Å². The minimum atomic E-state index is -0.930. The lowest BCUT2D eigenvalue weighted by molar-refractivity contribution is -0.0385. The smallest absolute Gasteiger partial charge is 0.113 e. The van der Waals surface area contributed by atoms with Crippen molar-refractivity contribution in [2.45, 2.75) is 18.9 Å². The maximum Gasteiger partial charge on any atom is 0.113 e. The molecule has 17 heavy (non-hydrogen) atoms. The molecule has 3 heteroatoms. The maximum absolute atomic E-state index is 10.5. The fourth-order valence-corrected chi connectivity index (χ4v) is 1.98. The number of aromatic nitrogens is 1. The van der Waals surface area contributed by atoms with Crippen LogP contribution < -0.4 is 0 Å². The Hall–Kier alpha value is -1.45. The molecular weight excluding hydrogens is 214 g/mol. The van der Waals surface area contributed by atoms with Crippen molar-refractivity contribution in [2.24, 2.45) is 0 Å². The van der Waals surface area contributed by atoms with E-state index in [4.69, 9.17) is 4.74 Å². The van der Waals surface area contributed by atoms with E-state index in [0.717, 1.165) is 16.5 Å². The largest absolute Gasteiger partial charge is 0.383 e. The van der Waals surface area contributed by atoms with Gasteiger partial charge in [-0.2, -0.15) is 0 Å². The van der Waals surface area contributed by atoms with E-state index in [9.17, 15) is 5.11 Å². The minimum Gasteiger partial charge on any atom is -0.383 e. The van der Waals surface area contributed by atoms with Gasteiger partial charge in [0.1, 0.15) is 5.60 Å². The predicted octanol–water partition coefficient (Wildman–Crippen LogP) is 2.48. The normalized spacial score (nSPS) is 14.8. The number of rotatable bonds is 4. The van der Waals surface area contributed by atoms with Crippen molar-refractivity contribution in [3.05, 3.63) is 42.1 Å². The van der Waals surface area contributed by atoms with Crippen molar-refractivity contribution in [3.8, 4) is 0 Å². The summed E-state index contributed by atoms with van der Waals surface area (Å²) in [6.07, 6.45) is 2.37. The molecule has 0 saturated carbocycles. The Bertz CT molecular complexity index is 512. The molecule has 1 unspecified atom stereocenters. The SMILES string of the molecule is CCC(O)(COC)c1ccc2cccnc2c1. The summed E-state index contributed by atoms with van der Waals surface area (Å²) >= 11 is 0.